The molecule has 0 radical (unpaired) electrons. The van der Waals surface area contributed by atoms with Gasteiger partial charge in [0, 0.05) is 42.4 Å². The average Bonchev–Trinajstić information content (AvgIpc) is 3.53. The molecule has 51 heavy (non-hydrogen) atoms. The molecule has 0 spiro atoms. The van der Waals surface area contributed by atoms with E-state index >= 15 is 0 Å². The molecule has 0 aliphatic carbocycles. The fourth-order valence-corrected chi connectivity index (χ4v) is 6.59. The van der Waals surface area contributed by atoms with E-state index in [-0.39, 0.29) is 21.7 Å². The third kappa shape index (κ3) is 5.74. The van der Waals surface area contributed by atoms with E-state index in [0.29, 0.717) is 67.3 Å². The predicted molar refractivity (Wildman–Crippen MR) is 204 cm³/mol. The van der Waals surface area contributed by atoms with Gasteiger partial charge in [-0.2, -0.15) is 0 Å². The number of methoxy groups -OCH3 is 1. The number of para-hydroxylation sites is 2. The number of nitro benzene ring substituents is 1. The summed E-state index contributed by atoms with van der Waals surface area (Å²) >= 11 is 0. The van der Waals surface area contributed by atoms with Crippen LogP contribution in [-0.4, -0.2) is 21.6 Å². The SMILES string of the molecule is [2H]C([2H])([2H])c1ccc2c(c1)c1ccc(OC)cc1n2-c1cc(C([2H])([2H])[2H])c(-c2ccc(Oc3ccccc3-c3cccc(-c4ccccc4)c3[N+](=O)[O-])cc2)cn1. The first-order chi connectivity index (χ1) is 27.3. The van der Waals surface area contributed by atoms with Gasteiger partial charge in [0.05, 0.1) is 34.2 Å². The Morgan fingerprint density at radius 1 is 0.667 bits per heavy atom. The first-order valence-corrected chi connectivity index (χ1v) is 16.2. The molecule has 0 fully saturated rings. The Morgan fingerprint density at radius 2 is 1.41 bits per heavy atom. The molecule has 0 saturated heterocycles. The van der Waals surface area contributed by atoms with E-state index in [2.05, 4.69) is 0 Å². The fourth-order valence-electron chi connectivity index (χ4n) is 6.59. The van der Waals surface area contributed by atoms with Crippen molar-refractivity contribution in [3.63, 3.8) is 0 Å². The summed E-state index contributed by atoms with van der Waals surface area (Å²) in [4.78, 5) is 16.9. The van der Waals surface area contributed by atoms with Crippen LogP contribution in [0.3, 0.4) is 0 Å². The molecule has 2 heterocycles. The number of rotatable bonds is 8. The molecule has 7 heteroatoms. The van der Waals surface area contributed by atoms with E-state index in [1.54, 1.807) is 98.1 Å². The average molecular weight is 674 g/mol. The first-order valence-electron chi connectivity index (χ1n) is 19.2. The van der Waals surface area contributed by atoms with Crippen LogP contribution in [0.4, 0.5) is 5.69 Å². The van der Waals surface area contributed by atoms with Crippen LogP contribution in [0.25, 0.3) is 61.0 Å². The number of pyridine rings is 1. The van der Waals surface area contributed by atoms with Crippen molar-refractivity contribution < 1.29 is 22.6 Å². The van der Waals surface area contributed by atoms with E-state index in [0.717, 1.165) is 10.9 Å². The molecule has 0 aliphatic rings. The van der Waals surface area contributed by atoms with Crippen LogP contribution in [0, 0.1) is 23.8 Å². The maximum absolute atomic E-state index is 12.5. The summed E-state index contributed by atoms with van der Waals surface area (Å²) < 4.78 is 63.1. The van der Waals surface area contributed by atoms with Crippen LogP contribution in [0.15, 0.2) is 146 Å². The number of fused-ring (bicyclic) bond motifs is 3. The van der Waals surface area contributed by atoms with Crippen molar-refractivity contribution in [2.45, 2.75) is 13.7 Å². The summed E-state index contributed by atoms with van der Waals surface area (Å²) in [7, 11) is 1.55. The van der Waals surface area contributed by atoms with Crippen molar-refractivity contribution in [3.8, 4) is 56.4 Å². The van der Waals surface area contributed by atoms with E-state index in [4.69, 9.17) is 22.7 Å². The summed E-state index contributed by atoms with van der Waals surface area (Å²) in [6.07, 6.45) is 1.52. The zero-order chi connectivity index (χ0) is 40.1. The third-order valence-electron chi connectivity index (χ3n) is 8.97. The van der Waals surface area contributed by atoms with Crippen LogP contribution in [0.5, 0.6) is 17.2 Å². The quantitative estimate of drug-likeness (QED) is 0.118. The highest BCUT2D eigenvalue weighted by atomic mass is 16.6. The van der Waals surface area contributed by atoms with Crippen molar-refractivity contribution in [2.24, 2.45) is 0 Å². The van der Waals surface area contributed by atoms with Gasteiger partial charge in [-0.05, 0) is 91.1 Å². The fraction of sp³-hybridized carbons (Fsp3) is 0.0682. The van der Waals surface area contributed by atoms with Crippen LogP contribution in [-0.2, 0) is 0 Å². The molecule has 0 amide bonds. The molecule has 0 unspecified atom stereocenters. The van der Waals surface area contributed by atoms with Gasteiger partial charge in [0.25, 0.3) is 5.69 Å². The normalized spacial score (nSPS) is 13.4. The highest BCUT2D eigenvalue weighted by molar-refractivity contribution is 6.09. The molecule has 0 bridgehead atoms. The van der Waals surface area contributed by atoms with Gasteiger partial charge in [0.2, 0.25) is 0 Å². The van der Waals surface area contributed by atoms with Gasteiger partial charge in [0.15, 0.2) is 0 Å². The molecule has 0 aliphatic heterocycles. The van der Waals surface area contributed by atoms with Crippen molar-refractivity contribution in [1.82, 2.24) is 9.55 Å². The Morgan fingerprint density at radius 3 is 2.20 bits per heavy atom. The predicted octanol–water partition coefficient (Wildman–Crippen LogP) is 11.5. The zero-order valence-corrected chi connectivity index (χ0v) is 27.3. The Balaban J connectivity index is 1.17. The Bertz CT molecular complexity index is 2820. The van der Waals surface area contributed by atoms with Gasteiger partial charge in [0.1, 0.15) is 23.1 Å². The number of nitro groups is 1. The minimum atomic E-state index is -2.53. The highest BCUT2D eigenvalue weighted by Crippen LogP contribution is 2.43. The van der Waals surface area contributed by atoms with E-state index in [9.17, 15) is 10.1 Å². The van der Waals surface area contributed by atoms with Gasteiger partial charge < -0.3 is 9.47 Å². The van der Waals surface area contributed by atoms with Gasteiger partial charge in [-0.25, -0.2) is 4.98 Å². The molecule has 2 aromatic heterocycles. The van der Waals surface area contributed by atoms with Crippen molar-refractivity contribution in [3.05, 3.63) is 167 Å². The summed E-state index contributed by atoms with van der Waals surface area (Å²) in [5, 5.41) is 13.9. The van der Waals surface area contributed by atoms with Gasteiger partial charge in [-0.15, -0.1) is 0 Å². The molecular formula is C44H33N3O4. The minimum Gasteiger partial charge on any atom is -0.497 e. The van der Waals surface area contributed by atoms with Crippen LogP contribution >= 0.6 is 0 Å². The van der Waals surface area contributed by atoms with E-state index in [1.165, 1.54) is 12.3 Å². The van der Waals surface area contributed by atoms with Crippen molar-refractivity contribution in [1.29, 1.82) is 0 Å². The molecule has 7 nitrogen and oxygen atoms in total. The standard InChI is InChI=1S/C44H33N3O4/c1-28-16-23-40-38(24-28)35-22-21-33(50-3)26-41(35)46(40)43-25-29(2)39(27-45-43)31-17-19-32(20-18-31)51-42-15-8-7-12-36(42)37-14-9-13-34(44(37)47(48)49)30-10-5-4-6-11-30/h4-27H,1-3H3/i1D3,2D3. The number of hydrogen-bond acceptors (Lipinski definition) is 5. The number of nitrogens with zero attached hydrogens (tertiary/aromatic N) is 3. The lowest BCUT2D eigenvalue weighted by atomic mass is 9.95. The Kier molecular flexibility index (Phi) is 6.42. The van der Waals surface area contributed by atoms with E-state index < -0.39 is 13.7 Å². The minimum absolute atomic E-state index is 0.0383. The second-order valence-electron chi connectivity index (χ2n) is 12.0. The highest BCUT2D eigenvalue weighted by Gasteiger charge is 2.24. The molecule has 6 aromatic carbocycles. The Hall–Kier alpha value is -6.73. The van der Waals surface area contributed by atoms with Crippen LogP contribution in [0.1, 0.15) is 19.4 Å². The number of aromatic nitrogens is 2. The summed E-state index contributed by atoms with van der Waals surface area (Å²) in [5.74, 6) is 1.74. The second kappa shape index (κ2) is 12.9. The summed E-state index contributed by atoms with van der Waals surface area (Å²) in [5.41, 5.74) is 4.66. The van der Waals surface area contributed by atoms with E-state index in [1.807, 2.05) is 47.0 Å². The second-order valence-corrected chi connectivity index (χ2v) is 12.0. The first kappa shape index (κ1) is 25.3. The summed E-state index contributed by atoms with van der Waals surface area (Å²) in [6.45, 7) is -4.85. The van der Waals surface area contributed by atoms with Crippen molar-refractivity contribution in [2.75, 3.05) is 7.11 Å². The topological polar surface area (TPSA) is 79.4 Å². The van der Waals surface area contributed by atoms with Crippen LogP contribution in [0.2, 0.25) is 0 Å². The third-order valence-corrected chi connectivity index (χ3v) is 8.97. The molecule has 8 rings (SSSR count). The molecule has 0 saturated carbocycles. The lowest BCUT2D eigenvalue weighted by Crippen LogP contribution is -1.99. The van der Waals surface area contributed by atoms with Gasteiger partial charge >= 0.3 is 0 Å². The monoisotopic (exact) mass is 673 g/mol. The molecular weight excluding hydrogens is 635 g/mol. The number of hydrogen-bond donors (Lipinski definition) is 0. The smallest absolute Gasteiger partial charge is 0.285 e. The number of ether oxygens (including phenoxy) is 2. The molecule has 248 valence electrons. The molecule has 0 atom stereocenters. The largest absolute Gasteiger partial charge is 0.497 e. The lowest BCUT2D eigenvalue weighted by Gasteiger charge is -2.14. The number of benzene rings is 6. The maximum atomic E-state index is 12.5. The van der Waals surface area contributed by atoms with Crippen LogP contribution < -0.4 is 9.47 Å². The zero-order valence-electron chi connectivity index (χ0n) is 33.3. The number of aryl methyl sites for hydroxylation is 2. The van der Waals surface area contributed by atoms with Crippen molar-refractivity contribution >= 4 is 27.5 Å². The summed E-state index contributed by atoms with van der Waals surface area (Å²) in [6, 6.07) is 40.3. The lowest BCUT2D eigenvalue weighted by molar-refractivity contribution is -0.383. The maximum Gasteiger partial charge on any atom is 0.285 e. The Labute approximate surface area is 303 Å². The van der Waals surface area contributed by atoms with Gasteiger partial charge in [-0.1, -0.05) is 78.4 Å². The van der Waals surface area contributed by atoms with Gasteiger partial charge in [-0.3, -0.25) is 14.7 Å². The molecule has 8 aromatic rings. The molecule has 0 N–H and O–H groups in total.